The van der Waals surface area contributed by atoms with Gasteiger partial charge >= 0.3 is 0 Å². The first-order valence-electron chi connectivity index (χ1n) is 6.23. The van der Waals surface area contributed by atoms with Gasteiger partial charge in [0.2, 0.25) is 5.91 Å². The van der Waals surface area contributed by atoms with Gasteiger partial charge in [-0.2, -0.15) is 0 Å². The maximum absolute atomic E-state index is 13.4. The summed E-state index contributed by atoms with van der Waals surface area (Å²) in [4.78, 5) is 25.6. The van der Waals surface area contributed by atoms with Crippen molar-refractivity contribution in [2.75, 3.05) is 26.7 Å². The number of amides is 2. The van der Waals surface area contributed by atoms with E-state index in [0.29, 0.717) is 19.6 Å². The second-order valence-corrected chi connectivity index (χ2v) is 4.87. The lowest BCUT2D eigenvalue weighted by Gasteiger charge is -2.35. The van der Waals surface area contributed by atoms with E-state index in [1.54, 1.807) is 0 Å². The molecule has 1 aromatic rings. The van der Waals surface area contributed by atoms with Crippen LogP contribution in [0.1, 0.15) is 10.4 Å². The Morgan fingerprint density at radius 2 is 2.25 bits per heavy atom. The fourth-order valence-corrected chi connectivity index (χ4v) is 2.26. The Bertz CT molecular complexity index is 538. The van der Waals surface area contributed by atoms with Crippen molar-refractivity contribution < 1.29 is 14.0 Å². The molecular weight excluding hydrogens is 285 g/mol. The number of nitrogens with one attached hydrogen (secondary N) is 2. The number of hydrogen-bond acceptors (Lipinski definition) is 3. The first-order chi connectivity index (χ1) is 9.54. The Kier molecular flexibility index (Phi) is 4.57. The smallest absolute Gasteiger partial charge is 0.254 e. The van der Waals surface area contributed by atoms with Crippen LogP contribution in [-0.2, 0) is 4.79 Å². The van der Waals surface area contributed by atoms with Gasteiger partial charge in [-0.3, -0.25) is 9.59 Å². The molecule has 1 unspecified atom stereocenters. The molecule has 1 heterocycles. The monoisotopic (exact) mass is 299 g/mol. The topological polar surface area (TPSA) is 61.4 Å². The fourth-order valence-electron chi connectivity index (χ4n) is 2.14. The zero-order valence-corrected chi connectivity index (χ0v) is 11.7. The molecule has 2 N–H and O–H groups in total. The van der Waals surface area contributed by atoms with Crippen LogP contribution in [0.3, 0.4) is 0 Å². The molecule has 1 saturated heterocycles. The van der Waals surface area contributed by atoms with Crippen LogP contribution in [0.15, 0.2) is 18.2 Å². The fraction of sp³-hybridized carbons (Fsp3) is 0.385. The highest BCUT2D eigenvalue weighted by Gasteiger charge is 2.32. The largest absolute Gasteiger partial charge is 0.357 e. The zero-order chi connectivity index (χ0) is 14.7. The lowest BCUT2D eigenvalue weighted by Crippen LogP contribution is -2.59. The molecule has 0 saturated carbocycles. The standard InChI is InChI=1S/C13H15ClFN3O2/c1-16-12(19)11-7-17-4-5-18(11)13(20)8-2-3-9(14)10(15)6-8/h2-3,6,11,17H,4-5,7H2,1H3,(H,16,19). The summed E-state index contributed by atoms with van der Waals surface area (Å²) >= 11 is 5.60. The van der Waals surface area contributed by atoms with E-state index in [2.05, 4.69) is 10.6 Å². The third-order valence-corrected chi connectivity index (χ3v) is 3.53. The van der Waals surface area contributed by atoms with E-state index < -0.39 is 11.9 Å². The lowest BCUT2D eigenvalue weighted by atomic mass is 10.1. The summed E-state index contributed by atoms with van der Waals surface area (Å²) in [6.07, 6.45) is 0. The Labute approximate surface area is 121 Å². The minimum atomic E-state index is -0.649. The number of piperazine rings is 1. The molecule has 1 aromatic carbocycles. The molecule has 0 radical (unpaired) electrons. The van der Waals surface area contributed by atoms with E-state index in [1.165, 1.54) is 24.1 Å². The molecule has 1 fully saturated rings. The SMILES string of the molecule is CNC(=O)C1CNCCN1C(=O)c1ccc(Cl)c(F)c1. The van der Waals surface area contributed by atoms with Gasteiger partial charge in [-0.25, -0.2) is 4.39 Å². The summed E-state index contributed by atoms with van der Waals surface area (Å²) in [5.41, 5.74) is 0.183. The lowest BCUT2D eigenvalue weighted by molar-refractivity contribution is -0.125. The molecule has 5 nitrogen and oxygen atoms in total. The van der Waals surface area contributed by atoms with E-state index in [4.69, 9.17) is 11.6 Å². The molecule has 7 heteroatoms. The van der Waals surface area contributed by atoms with E-state index in [1.807, 2.05) is 0 Å². The maximum Gasteiger partial charge on any atom is 0.254 e. The molecule has 0 bridgehead atoms. The normalized spacial score (nSPS) is 18.8. The van der Waals surface area contributed by atoms with Crippen LogP contribution >= 0.6 is 11.6 Å². The number of likely N-dealkylation sites (N-methyl/N-ethyl adjacent to an activating group) is 1. The summed E-state index contributed by atoms with van der Waals surface area (Å²) in [7, 11) is 1.52. The summed E-state index contributed by atoms with van der Waals surface area (Å²) in [5, 5.41) is 5.54. The van der Waals surface area contributed by atoms with Gasteiger partial charge < -0.3 is 15.5 Å². The zero-order valence-electron chi connectivity index (χ0n) is 11.0. The average molecular weight is 300 g/mol. The number of nitrogens with zero attached hydrogens (tertiary/aromatic N) is 1. The Morgan fingerprint density at radius 3 is 2.90 bits per heavy atom. The van der Waals surface area contributed by atoms with Crippen molar-refractivity contribution >= 4 is 23.4 Å². The minimum Gasteiger partial charge on any atom is -0.357 e. The first-order valence-corrected chi connectivity index (χ1v) is 6.60. The number of halogens is 2. The van der Waals surface area contributed by atoms with Crippen molar-refractivity contribution in [2.24, 2.45) is 0 Å². The average Bonchev–Trinajstić information content (AvgIpc) is 2.48. The third kappa shape index (κ3) is 2.91. The Morgan fingerprint density at radius 1 is 1.50 bits per heavy atom. The number of carbonyl (C=O) groups is 2. The molecule has 1 atom stereocenters. The van der Waals surface area contributed by atoms with E-state index in [-0.39, 0.29) is 22.4 Å². The van der Waals surface area contributed by atoms with Gasteiger partial charge in [-0.05, 0) is 18.2 Å². The van der Waals surface area contributed by atoms with Crippen LogP contribution in [0.2, 0.25) is 5.02 Å². The second kappa shape index (κ2) is 6.19. The predicted octanol–water partition coefficient (Wildman–Crippen LogP) is 0.639. The van der Waals surface area contributed by atoms with Crippen molar-refractivity contribution in [1.29, 1.82) is 0 Å². The molecule has 2 amide bonds. The molecule has 0 aliphatic carbocycles. The van der Waals surface area contributed by atoms with Crippen LogP contribution < -0.4 is 10.6 Å². The minimum absolute atomic E-state index is 0.0373. The molecule has 108 valence electrons. The Balaban J connectivity index is 2.25. The van der Waals surface area contributed by atoms with Crippen LogP contribution in [0.4, 0.5) is 4.39 Å². The third-order valence-electron chi connectivity index (χ3n) is 3.22. The van der Waals surface area contributed by atoms with Crippen molar-refractivity contribution in [3.63, 3.8) is 0 Å². The van der Waals surface area contributed by atoms with Crippen LogP contribution in [-0.4, -0.2) is 49.4 Å². The van der Waals surface area contributed by atoms with E-state index >= 15 is 0 Å². The van der Waals surface area contributed by atoms with Crippen molar-refractivity contribution in [1.82, 2.24) is 15.5 Å². The van der Waals surface area contributed by atoms with E-state index in [0.717, 1.165) is 6.07 Å². The summed E-state index contributed by atoms with van der Waals surface area (Å²) in [6, 6.07) is 3.28. The molecule has 1 aliphatic heterocycles. The number of rotatable bonds is 2. The van der Waals surface area contributed by atoms with Gasteiger partial charge in [0.25, 0.3) is 5.91 Å². The van der Waals surface area contributed by atoms with Gasteiger partial charge in [-0.1, -0.05) is 11.6 Å². The molecular formula is C13H15ClFN3O2. The van der Waals surface area contributed by atoms with Crippen molar-refractivity contribution in [3.05, 3.63) is 34.6 Å². The van der Waals surface area contributed by atoms with Gasteiger partial charge in [0.15, 0.2) is 0 Å². The van der Waals surface area contributed by atoms with Gasteiger partial charge in [0.1, 0.15) is 11.9 Å². The molecule has 2 rings (SSSR count). The van der Waals surface area contributed by atoms with Crippen molar-refractivity contribution in [3.8, 4) is 0 Å². The number of carbonyl (C=O) groups excluding carboxylic acids is 2. The highest BCUT2D eigenvalue weighted by molar-refractivity contribution is 6.30. The van der Waals surface area contributed by atoms with E-state index in [9.17, 15) is 14.0 Å². The van der Waals surface area contributed by atoms with Gasteiger partial charge in [0, 0.05) is 32.2 Å². The summed E-state index contributed by atoms with van der Waals surface area (Å²) in [5.74, 6) is -1.28. The highest BCUT2D eigenvalue weighted by atomic mass is 35.5. The summed E-state index contributed by atoms with van der Waals surface area (Å²) < 4.78 is 13.4. The number of benzene rings is 1. The summed E-state index contributed by atoms with van der Waals surface area (Å²) in [6.45, 7) is 1.36. The first kappa shape index (κ1) is 14.7. The quantitative estimate of drug-likeness (QED) is 0.842. The second-order valence-electron chi connectivity index (χ2n) is 4.46. The maximum atomic E-state index is 13.4. The number of hydrogen-bond donors (Lipinski definition) is 2. The van der Waals surface area contributed by atoms with Gasteiger partial charge in [-0.15, -0.1) is 0 Å². The molecule has 0 aromatic heterocycles. The molecule has 1 aliphatic rings. The van der Waals surface area contributed by atoms with Crippen LogP contribution in [0, 0.1) is 5.82 Å². The molecule has 20 heavy (non-hydrogen) atoms. The highest BCUT2D eigenvalue weighted by Crippen LogP contribution is 2.18. The van der Waals surface area contributed by atoms with Crippen LogP contribution in [0.5, 0.6) is 0 Å². The van der Waals surface area contributed by atoms with Crippen LogP contribution in [0.25, 0.3) is 0 Å². The molecule has 0 spiro atoms. The van der Waals surface area contributed by atoms with Crippen molar-refractivity contribution in [2.45, 2.75) is 6.04 Å². The van der Waals surface area contributed by atoms with Gasteiger partial charge in [0.05, 0.1) is 5.02 Å². The Hall–Kier alpha value is -1.66. The predicted molar refractivity (Wildman–Crippen MR) is 73.2 cm³/mol.